The van der Waals surface area contributed by atoms with Gasteiger partial charge in [-0.3, -0.25) is 4.79 Å². The molecule has 0 aliphatic heterocycles. The van der Waals surface area contributed by atoms with Crippen molar-refractivity contribution in [1.82, 2.24) is 9.97 Å². The molecule has 31 heavy (non-hydrogen) atoms. The summed E-state index contributed by atoms with van der Waals surface area (Å²) in [5.74, 6) is 0.953. The predicted octanol–water partition coefficient (Wildman–Crippen LogP) is 5.37. The Kier molecular flexibility index (Phi) is 4.80. The van der Waals surface area contributed by atoms with E-state index in [9.17, 15) is 4.79 Å². The van der Waals surface area contributed by atoms with Crippen molar-refractivity contribution >= 4 is 33.6 Å². The topological polar surface area (TPSA) is 77.3 Å². The Balaban J connectivity index is 1.29. The van der Waals surface area contributed by atoms with Crippen LogP contribution in [0, 0.1) is 6.92 Å². The lowest BCUT2D eigenvalue weighted by Crippen LogP contribution is -2.20. The summed E-state index contributed by atoms with van der Waals surface area (Å²) >= 11 is 0. The molecule has 1 N–H and O–H groups in total. The molecule has 0 fully saturated rings. The van der Waals surface area contributed by atoms with Gasteiger partial charge in [0.05, 0.1) is 0 Å². The van der Waals surface area contributed by atoms with Gasteiger partial charge in [0.1, 0.15) is 5.75 Å². The van der Waals surface area contributed by atoms with E-state index in [2.05, 4.69) is 15.3 Å². The third kappa shape index (κ3) is 3.83. The molecule has 0 unspecified atom stereocenters. The van der Waals surface area contributed by atoms with Crippen LogP contribution in [-0.4, -0.2) is 22.5 Å². The number of anilines is 1. The fourth-order valence-corrected chi connectivity index (χ4v) is 3.48. The molecule has 3 aromatic carbocycles. The molecule has 5 aromatic rings. The minimum Gasteiger partial charge on any atom is -0.483 e. The first kappa shape index (κ1) is 18.8. The maximum absolute atomic E-state index is 12.5. The van der Waals surface area contributed by atoms with E-state index in [1.165, 1.54) is 0 Å². The van der Waals surface area contributed by atoms with Crippen molar-refractivity contribution in [3.05, 3.63) is 84.6 Å². The smallest absolute Gasteiger partial charge is 0.262 e. The lowest BCUT2D eigenvalue weighted by molar-refractivity contribution is -0.118. The van der Waals surface area contributed by atoms with Crippen molar-refractivity contribution in [2.75, 3.05) is 11.9 Å². The Hall–Kier alpha value is -4.19. The van der Waals surface area contributed by atoms with Crippen molar-refractivity contribution < 1.29 is 13.9 Å². The number of aromatic nitrogens is 2. The first-order valence-corrected chi connectivity index (χ1v) is 9.90. The molecule has 6 heteroatoms. The molecule has 2 aromatic heterocycles. The lowest BCUT2D eigenvalue weighted by atomic mass is 10.1. The van der Waals surface area contributed by atoms with E-state index in [4.69, 9.17) is 9.15 Å². The van der Waals surface area contributed by atoms with Crippen molar-refractivity contribution in [2.45, 2.75) is 6.92 Å². The second-order valence-electron chi connectivity index (χ2n) is 7.19. The highest BCUT2D eigenvalue weighted by Gasteiger charge is 2.12. The summed E-state index contributed by atoms with van der Waals surface area (Å²) in [5, 5.41) is 4.95. The second-order valence-corrected chi connectivity index (χ2v) is 7.19. The number of nitrogens with zero attached hydrogens (tertiary/aromatic N) is 2. The Morgan fingerprint density at radius 2 is 1.90 bits per heavy atom. The highest BCUT2D eigenvalue weighted by Crippen LogP contribution is 2.27. The van der Waals surface area contributed by atoms with Crippen LogP contribution < -0.4 is 10.1 Å². The molecular weight excluding hydrogens is 390 g/mol. The van der Waals surface area contributed by atoms with Crippen LogP contribution in [0.2, 0.25) is 0 Å². The van der Waals surface area contributed by atoms with Gasteiger partial charge in [0, 0.05) is 22.8 Å². The van der Waals surface area contributed by atoms with E-state index in [0.717, 1.165) is 21.9 Å². The SMILES string of the molecule is Cc1cc(-c2nc3ncccc3o2)ccc1NC(=O)COc1cccc2ccccc12. The quantitative estimate of drug-likeness (QED) is 0.422. The third-order valence-electron chi connectivity index (χ3n) is 5.02. The average molecular weight is 409 g/mol. The van der Waals surface area contributed by atoms with Crippen LogP contribution in [0.5, 0.6) is 5.75 Å². The number of hydrogen-bond acceptors (Lipinski definition) is 5. The zero-order chi connectivity index (χ0) is 21.2. The Bertz CT molecular complexity index is 1370. The summed E-state index contributed by atoms with van der Waals surface area (Å²) in [6, 6.07) is 23.0. The van der Waals surface area contributed by atoms with Crippen molar-refractivity contribution in [3.8, 4) is 17.2 Å². The number of carbonyl (C=O) groups is 1. The maximum atomic E-state index is 12.5. The number of aryl methyl sites for hydroxylation is 1. The van der Waals surface area contributed by atoms with Crippen molar-refractivity contribution in [2.24, 2.45) is 0 Å². The second kappa shape index (κ2) is 7.91. The molecule has 0 aliphatic rings. The number of benzene rings is 3. The van der Waals surface area contributed by atoms with Crippen molar-refractivity contribution in [1.29, 1.82) is 0 Å². The van der Waals surface area contributed by atoms with Gasteiger partial charge in [-0.15, -0.1) is 0 Å². The molecule has 0 bridgehead atoms. The summed E-state index contributed by atoms with van der Waals surface area (Å²) in [4.78, 5) is 21.1. The fraction of sp³-hybridized carbons (Fsp3) is 0.0800. The first-order valence-electron chi connectivity index (χ1n) is 9.90. The molecule has 1 amide bonds. The summed E-state index contributed by atoms with van der Waals surface area (Å²) in [6.45, 7) is 1.84. The summed E-state index contributed by atoms with van der Waals surface area (Å²) in [5.41, 5.74) is 3.63. The normalized spacial score (nSPS) is 11.0. The van der Waals surface area contributed by atoms with Gasteiger partial charge in [0.2, 0.25) is 5.89 Å². The van der Waals surface area contributed by atoms with Crippen LogP contribution in [0.15, 0.2) is 83.4 Å². The van der Waals surface area contributed by atoms with Gasteiger partial charge < -0.3 is 14.5 Å². The molecule has 0 aliphatic carbocycles. The van der Waals surface area contributed by atoms with E-state index < -0.39 is 0 Å². The van der Waals surface area contributed by atoms with Gasteiger partial charge >= 0.3 is 0 Å². The van der Waals surface area contributed by atoms with Gasteiger partial charge in [-0.1, -0.05) is 36.4 Å². The van der Waals surface area contributed by atoms with Crippen LogP contribution in [0.3, 0.4) is 0 Å². The fourth-order valence-electron chi connectivity index (χ4n) is 3.48. The monoisotopic (exact) mass is 409 g/mol. The Morgan fingerprint density at radius 3 is 2.77 bits per heavy atom. The van der Waals surface area contributed by atoms with E-state index in [1.54, 1.807) is 6.20 Å². The summed E-state index contributed by atoms with van der Waals surface area (Å²) < 4.78 is 11.5. The van der Waals surface area contributed by atoms with Crippen LogP contribution in [0.25, 0.3) is 33.5 Å². The van der Waals surface area contributed by atoms with Crippen LogP contribution in [-0.2, 0) is 4.79 Å². The number of rotatable bonds is 5. The zero-order valence-electron chi connectivity index (χ0n) is 16.8. The number of ether oxygens (including phenoxy) is 1. The average Bonchev–Trinajstić information content (AvgIpc) is 3.23. The summed E-state index contributed by atoms with van der Waals surface area (Å²) in [6.07, 6.45) is 1.68. The number of fused-ring (bicyclic) bond motifs is 2. The molecular formula is C25H19N3O3. The number of carbonyl (C=O) groups excluding carboxylic acids is 1. The minimum atomic E-state index is -0.227. The van der Waals surface area contributed by atoms with E-state index in [0.29, 0.717) is 28.6 Å². The number of nitrogens with one attached hydrogen (secondary N) is 1. The van der Waals surface area contributed by atoms with Crippen LogP contribution in [0.4, 0.5) is 5.69 Å². The Labute approximate surface area is 178 Å². The molecule has 2 heterocycles. The van der Waals surface area contributed by atoms with Gasteiger partial charge in [-0.05, 0) is 54.3 Å². The van der Waals surface area contributed by atoms with Crippen LogP contribution in [0.1, 0.15) is 5.56 Å². The van der Waals surface area contributed by atoms with Crippen LogP contribution >= 0.6 is 0 Å². The summed E-state index contributed by atoms with van der Waals surface area (Å²) in [7, 11) is 0. The highest BCUT2D eigenvalue weighted by molar-refractivity contribution is 5.94. The minimum absolute atomic E-state index is 0.0774. The molecule has 0 saturated carbocycles. The first-order chi connectivity index (χ1) is 15.2. The molecule has 0 atom stereocenters. The molecule has 0 radical (unpaired) electrons. The number of pyridine rings is 1. The number of hydrogen-bond donors (Lipinski definition) is 1. The Morgan fingerprint density at radius 1 is 1.03 bits per heavy atom. The molecule has 5 rings (SSSR count). The molecule has 6 nitrogen and oxygen atoms in total. The van der Waals surface area contributed by atoms with Crippen molar-refractivity contribution in [3.63, 3.8) is 0 Å². The largest absolute Gasteiger partial charge is 0.483 e. The standard InChI is InChI=1S/C25H19N3O3/c1-16-14-18(25-28-24-22(31-25)10-5-13-26-24)11-12-20(16)27-23(29)15-30-21-9-4-7-17-6-2-3-8-19(17)21/h2-14H,15H2,1H3,(H,27,29). The van der Waals surface area contributed by atoms with Gasteiger partial charge in [-0.2, -0.15) is 4.98 Å². The lowest BCUT2D eigenvalue weighted by Gasteiger charge is -2.11. The maximum Gasteiger partial charge on any atom is 0.262 e. The van der Waals surface area contributed by atoms with Gasteiger partial charge in [0.15, 0.2) is 17.8 Å². The van der Waals surface area contributed by atoms with Gasteiger partial charge in [0.25, 0.3) is 5.91 Å². The third-order valence-corrected chi connectivity index (χ3v) is 5.02. The van der Waals surface area contributed by atoms with Gasteiger partial charge in [-0.25, -0.2) is 4.98 Å². The number of amides is 1. The molecule has 0 spiro atoms. The van der Waals surface area contributed by atoms with E-state index in [-0.39, 0.29) is 12.5 Å². The number of oxazole rings is 1. The molecule has 0 saturated heterocycles. The van der Waals surface area contributed by atoms with E-state index >= 15 is 0 Å². The molecule has 152 valence electrons. The highest BCUT2D eigenvalue weighted by atomic mass is 16.5. The predicted molar refractivity (Wildman–Crippen MR) is 120 cm³/mol. The zero-order valence-corrected chi connectivity index (χ0v) is 16.8. The van der Waals surface area contributed by atoms with E-state index in [1.807, 2.05) is 79.7 Å².